The van der Waals surface area contributed by atoms with Crippen LogP contribution in [0.25, 0.3) is 0 Å². The molecule has 0 aliphatic carbocycles. The normalized spacial score (nSPS) is 10.2. The number of nitrogens with two attached hydrogens (primary N) is 1. The van der Waals surface area contributed by atoms with Crippen LogP contribution in [-0.4, -0.2) is 12.9 Å². The quantitative estimate of drug-likeness (QED) is 0.656. The van der Waals surface area contributed by atoms with Crippen LogP contribution in [-0.2, 0) is 6.61 Å². The van der Waals surface area contributed by atoms with Gasteiger partial charge in [0.05, 0.1) is 12.7 Å². The van der Waals surface area contributed by atoms with E-state index in [4.69, 9.17) is 20.6 Å². The number of hydrogen-bond acceptors (Lipinski definition) is 3. The molecule has 4 nitrogen and oxygen atoms in total. The molecule has 0 bridgehead atoms. The third-order valence-corrected chi connectivity index (χ3v) is 3.10. The lowest BCUT2D eigenvalue weighted by Gasteiger charge is -2.11. The number of aryl methyl sites for hydroxylation is 1. The van der Waals surface area contributed by atoms with Crippen molar-refractivity contribution < 1.29 is 13.9 Å². The Morgan fingerprint density at radius 2 is 2.00 bits per heavy atom. The molecule has 2 aromatic carbocycles. The summed E-state index contributed by atoms with van der Waals surface area (Å²) in [5.41, 5.74) is 7.42. The van der Waals surface area contributed by atoms with E-state index in [1.165, 1.54) is 13.2 Å². The van der Waals surface area contributed by atoms with E-state index in [9.17, 15) is 4.39 Å². The minimum absolute atomic E-state index is 0.0740. The van der Waals surface area contributed by atoms with Gasteiger partial charge in [0.15, 0.2) is 0 Å². The molecule has 0 saturated heterocycles. The van der Waals surface area contributed by atoms with E-state index in [-0.39, 0.29) is 18.3 Å². The summed E-state index contributed by atoms with van der Waals surface area (Å²) in [6.45, 7) is 1.95. The molecule has 5 heteroatoms. The minimum Gasteiger partial charge on any atom is -0.496 e. The highest BCUT2D eigenvalue weighted by Gasteiger charge is 2.08. The number of rotatable bonds is 5. The van der Waals surface area contributed by atoms with Gasteiger partial charge >= 0.3 is 0 Å². The van der Waals surface area contributed by atoms with Crippen molar-refractivity contribution in [3.63, 3.8) is 0 Å². The summed E-state index contributed by atoms with van der Waals surface area (Å²) in [7, 11) is 1.52. The van der Waals surface area contributed by atoms with E-state index in [0.717, 1.165) is 5.56 Å². The molecule has 110 valence electrons. The predicted molar refractivity (Wildman–Crippen MR) is 79.5 cm³/mol. The molecule has 2 rings (SSSR count). The average molecular weight is 288 g/mol. The monoisotopic (exact) mass is 288 g/mol. The van der Waals surface area contributed by atoms with Crippen molar-refractivity contribution in [3.05, 3.63) is 58.9 Å². The average Bonchev–Trinajstić information content (AvgIpc) is 2.48. The lowest BCUT2D eigenvalue weighted by molar-refractivity contribution is 0.304. The Kier molecular flexibility index (Phi) is 4.42. The summed E-state index contributed by atoms with van der Waals surface area (Å²) in [6, 6.07) is 10.0. The molecule has 0 unspecified atom stereocenters. The molecule has 0 aliphatic heterocycles. The zero-order chi connectivity index (χ0) is 15.4. The molecule has 0 aromatic heterocycles. The number of amidine groups is 1. The highest BCUT2D eigenvalue weighted by Crippen LogP contribution is 2.21. The Morgan fingerprint density at radius 3 is 2.62 bits per heavy atom. The van der Waals surface area contributed by atoms with E-state index < -0.39 is 0 Å². The van der Waals surface area contributed by atoms with Gasteiger partial charge in [-0.2, -0.15) is 0 Å². The fraction of sp³-hybridized carbons (Fsp3) is 0.188. The summed E-state index contributed by atoms with van der Waals surface area (Å²) >= 11 is 0. The lowest BCUT2D eigenvalue weighted by atomic mass is 10.1. The number of ether oxygens (including phenoxy) is 2. The molecular weight excluding hydrogens is 271 g/mol. The van der Waals surface area contributed by atoms with Gasteiger partial charge in [-0.3, -0.25) is 5.41 Å². The molecule has 0 atom stereocenters. The van der Waals surface area contributed by atoms with Crippen molar-refractivity contribution in [1.82, 2.24) is 0 Å². The van der Waals surface area contributed by atoms with Crippen molar-refractivity contribution in [2.45, 2.75) is 13.5 Å². The highest BCUT2D eigenvalue weighted by atomic mass is 19.1. The molecule has 0 saturated carbocycles. The van der Waals surface area contributed by atoms with Gasteiger partial charge in [0.1, 0.15) is 29.8 Å². The van der Waals surface area contributed by atoms with Crippen LogP contribution >= 0.6 is 0 Å². The Hall–Kier alpha value is -2.56. The van der Waals surface area contributed by atoms with E-state index in [1.807, 2.05) is 6.07 Å². The van der Waals surface area contributed by atoms with Gasteiger partial charge in [0.25, 0.3) is 0 Å². The summed E-state index contributed by atoms with van der Waals surface area (Å²) in [5, 5.41) is 7.53. The molecule has 0 spiro atoms. The van der Waals surface area contributed by atoms with Crippen molar-refractivity contribution in [2.24, 2.45) is 5.73 Å². The number of halogens is 1. The van der Waals surface area contributed by atoms with Gasteiger partial charge in [-0.15, -0.1) is 0 Å². The van der Waals surface area contributed by atoms with E-state index >= 15 is 0 Å². The summed E-state index contributed by atoms with van der Waals surface area (Å²) < 4.78 is 24.1. The SMILES string of the molecule is COc1ccc(COc2ccc(C)c(F)c2)cc1C(=N)N. The smallest absolute Gasteiger partial charge is 0.129 e. The standard InChI is InChI=1S/C16H17FN2O2/c1-10-3-5-12(8-14(10)17)21-9-11-4-6-15(20-2)13(7-11)16(18)19/h3-8H,9H2,1-2H3,(H3,18,19). The first-order chi connectivity index (χ1) is 10.0. The van der Waals surface area contributed by atoms with Crippen LogP contribution < -0.4 is 15.2 Å². The van der Waals surface area contributed by atoms with Gasteiger partial charge in [-0.1, -0.05) is 12.1 Å². The van der Waals surface area contributed by atoms with Crippen LogP contribution in [0.3, 0.4) is 0 Å². The Balaban J connectivity index is 2.14. The van der Waals surface area contributed by atoms with Crippen LogP contribution in [0.15, 0.2) is 36.4 Å². The maximum atomic E-state index is 13.4. The summed E-state index contributed by atoms with van der Waals surface area (Å²) in [4.78, 5) is 0. The maximum Gasteiger partial charge on any atom is 0.129 e. The molecular formula is C16H17FN2O2. The topological polar surface area (TPSA) is 68.3 Å². The number of nitrogens with one attached hydrogen (secondary N) is 1. The molecule has 0 fully saturated rings. The maximum absolute atomic E-state index is 13.4. The molecule has 0 heterocycles. The third-order valence-electron chi connectivity index (χ3n) is 3.10. The zero-order valence-corrected chi connectivity index (χ0v) is 11.9. The highest BCUT2D eigenvalue weighted by molar-refractivity contribution is 5.97. The summed E-state index contributed by atoms with van der Waals surface area (Å²) in [6.07, 6.45) is 0. The van der Waals surface area contributed by atoms with Gasteiger partial charge < -0.3 is 15.2 Å². The number of benzene rings is 2. The zero-order valence-electron chi connectivity index (χ0n) is 11.9. The van der Waals surface area contributed by atoms with Gasteiger partial charge in [-0.05, 0) is 36.2 Å². The molecule has 21 heavy (non-hydrogen) atoms. The fourth-order valence-corrected chi connectivity index (χ4v) is 1.89. The first-order valence-corrected chi connectivity index (χ1v) is 6.41. The largest absolute Gasteiger partial charge is 0.496 e. The molecule has 3 N–H and O–H groups in total. The van der Waals surface area contributed by atoms with Crippen molar-refractivity contribution in [2.75, 3.05) is 7.11 Å². The molecule has 0 radical (unpaired) electrons. The molecule has 0 amide bonds. The van der Waals surface area contributed by atoms with E-state index in [0.29, 0.717) is 22.6 Å². The van der Waals surface area contributed by atoms with Crippen LogP contribution in [0, 0.1) is 18.2 Å². The second kappa shape index (κ2) is 6.26. The minimum atomic E-state index is -0.299. The van der Waals surface area contributed by atoms with Gasteiger partial charge in [0.2, 0.25) is 0 Å². The predicted octanol–water partition coefficient (Wildman–Crippen LogP) is 3.01. The van der Waals surface area contributed by atoms with Crippen LogP contribution in [0.4, 0.5) is 4.39 Å². The second-order valence-corrected chi connectivity index (χ2v) is 4.65. The van der Waals surface area contributed by atoms with Crippen LogP contribution in [0.5, 0.6) is 11.5 Å². The van der Waals surface area contributed by atoms with Crippen molar-refractivity contribution in [1.29, 1.82) is 5.41 Å². The van der Waals surface area contributed by atoms with Gasteiger partial charge in [0, 0.05) is 6.07 Å². The Labute approximate surface area is 122 Å². The van der Waals surface area contributed by atoms with Crippen molar-refractivity contribution >= 4 is 5.84 Å². The lowest BCUT2D eigenvalue weighted by Crippen LogP contribution is -2.13. The third kappa shape index (κ3) is 3.51. The summed E-state index contributed by atoms with van der Waals surface area (Å²) in [5.74, 6) is 0.618. The number of nitrogen functional groups attached to an aromatic ring is 1. The Bertz CT molecular complexity index is 671. The molecule has 2 aromatic rings. The van der Waals surface area contributed by atoms with E-state index in [1.54, 1.807) is 31.2 Å². The number of hydrogen-bond donors (Lipinski definition) is 2. The van der Waals surface area contributed by atoms with Crippen LogP contribution in [0.1, 0.15) is 16.7 Å². The Morgan fingerprint density at radius 1 is 1.24 bits per heavy atom. The fourth-order valence-electron chi connectivity index (χ4n) is 1.89. The second-order valence-electron chi connectivity index (χ2n) is 4.65. The molecule has 0 aliphatic rings. The first-order valence-electron chi connectivity index (χ1n) is 6.41. The van der Waals surface area contributed by atoms with E-state index in [2.05, 4.69) is 0 Å². The van der Waals surface area contributed by atoms with Crippen LogP contribution in [0.2, 0.25) is 0 Å². The van der Waals surface area contributed by atoms with Crippen molar-refractivity contribution in [3.8, 4) is 11.5 Å². The van der Waals surface area contributed by atoms with Gasteiger partial charge in [-0.25, -0.2) is 4.39 Å². The number of methoxy groups -OCH3 is 1. The first kappa shape index (κ1) is 14.8.